The topological polar surface area (TPSA) is 58.6 Å². The molecule has 124 valence electrons. The smallest absolute Gasteiger partial charge is 0.267 e. The van der Waals surface area contributed by atoms with Crippen molar-refractivity contribution in [3.8, 4) is 5.75 Å². The van der Waals surface area contributed by atoms with Gasteiger partial charge in [-0.1, -0.05) is 17.7 Å². The fourth-order valence-electron chi connectivity index (χ4n) is 2.59. The summed E-state index contributed by atoms with van der Waals surface area (Å²) in [6.07, 6.45) is -0.531. The number of hydrogen-bond acceptors (Lipinski definition) is 3. The van der Waals surface area contributed by atoms with E-state index in [0.717, 1.165) is 5.56 Å². The number of carbonyl (C=O) groups is 2. The van der Waals surface area contributed by atoms with E-state index in [1.54, 1.807) is 50.4 Å². The van der Waals surface area contributed by atoms with E-state index in [9.17, 15) is 9.59 Å². The molecule has 2 aromatic carbocycles. The first-order valence-electron chi connectivity index (χ1n) is 7.53. The lowest BCUT2D eigenvalue weighted by Gasteiger charge is -2.30. The number of carbonyl (C=O) groups excluding carboxylic acids is 2. The molecule has 0 aromatic heterocycles. The molecule has 0 bridgehead atoms. The highest BCUT2D eigenvalue weighted by molar-refractivity contribution is 6.31. The van der Waals surface area contributed by atoms with Gasteiger partial charge in [0.05, 0.1) is 5.69 Å². The summed E-state index contributed by atoms with van der Waals surface area (Å²) in [6.45, 7) is 3.54. The van der Waals surface area contributed by atoms with Crippen molar-refractivity contribution in [2.45, 2.75) is 20.0 Å². The molecule has 2 aromatic rings. The second-order valence-electron chi connectivity index (χ2n) is 5.71. The Hall–Kier alpha value is -2.53. The number of fused-ring (bicyclic) bond motifs is 1. The van der Waals surface area contributed by atoms with Gasteiger partial charge in [0.25, 0.3) is 11.8 Å². The summed E-state index contributed by atoms with van der Waals surface area (Å²) in [6, 6.07) is 10.4. The third kappa shape index (κ3) is 2.83. The molecule has 0 radical (unpaired) electrons. The number of halogens is 1. The van der Waals surface area contributed by atoms with E-state index in [1.165, 1.54) is 4.90 Å². The second kappa shape index (κ2) is 6.17. The first kappa shape index (κ1) is 16.3. The summed E-state index contributed by atoms with van der Waals surface area (Å²) < 4.78 is 5.56. The maximum atomic E-state index is 12.5. The zero-order valence-electron chi connectivity index (χ0n) is 13.6. The normalized spacial score (nSPS) is 16.4. The minimum atomic E-state index is -0.531. The number of likely N-dealkylation sites (N-methyl/N-ethyl adjacent to an activating group) is 1. The van der Waals surface area contributed by atoms with Crippen molar-refractivity contribution in [2.75, 3.05) is 17.3 Å². The van der Waals surface area contributed by atoms with E-state index in [0.29, 0.717) is 27.7 Å². The summed E-state index contributed by atoms with van der Waals surface area (Å²) in [5.41, 5.74) is 2.47. The van der Waals surface area contributed by atoms with Crippen LogP contribution in [-0.2, 0) is 4.79 Å². The number of rotatable bonds is 2. The first-order valence-corrected chi connectivity index (χ1v) is 7.91. The van der Waals surface area contributed by atoms with Crippen molar-refractivity contribution >= 4 is 34.8 Å². The molecule has 0 aliphatic carbocycles. The van der Waals surface area contributed by atoms with Gasteiger partial charge in [0.15, 0.2) is 6.10 Å². The van der Waals surface area contributed by atoms with Crippen LogP contribution in [0.2, 0.25) is 5.02 Å². The Balaban J connectivity index is 1.89. The van der Waals surface area contributed by atoms with Gasteiger partial charge >= 0.3 is 0 Å². The number of ether oxygens (including phenoxy) is 1. The van der Waals surface area contributed by atoms with Crippen LogP contribution in [0, 0.1) is 6.92 Å². The third-order valence-corrected chi connectivity index (χ3v) is 4.49. The number of amides is 2. The summed E-state index contributed by atoms with van der Waals surface area (Å²) in [5, 5.41) is 3.43. The molecule has 24 heavy (non-hydrogen) atoms. The standard InChI is InChI=1S/C18H17ClN2O3/c1-10-13(19)5-4-6-14(10)20-17(22)12-7-8-16-15(9-12)21(3)18(23)11(2)24-16/h4-9,11H,1-3H3,(H,20,22). The largest absolute Gasteiger partial charge is 0.479 e. The Morgan fingerprint density at radius 2 is 2.04 bits per heavy atom. The fraction of sp³-hybridized carbons (Fsp3) is 0.222. The SMILES string of the molecule is Cc1c(Cl)cccc1NC(=O)c1ccc2c(c1)N(C)C(=O)C(C)O2. The van der Waals surface area contributed by atoms with Gasteiger partial charge in [-0.25, -0.2) is 0 Å². The molecule has 1 N–H and O–H groups in total. The molecule has 2 amide bonds. The van der Waals surface area contributed by atoms with E-state index < -0.39 is 6.10 Å². The summed E-state index contributed by atoms with van der Waals surface area (Å²) >= 11 is 6.07. The van der Waals surface area contributed by atoms with Crippen LogP contribution in [0.5, 0.6) is 5.75 Å². The lowest BCUT2D eigenvalue weighted by atomic mass is 10.1. The Morgan fingerprint density at radius 3 is 2.79 bits per heavy atom. The van der Waals surface area contributed by atoms with Crippen LogP contribution in [0.3, 0.4) is 0 Å². The van der Waals surface area contributed by atoms with Gasteiger partial charge in [0.2, 0.25) is 0 Å². The number of nitrogens with zero attached hydrogens (tertiary/aromatic N) is 1. The van der Waals surface area contributed by atoms with Crippen LogP contribution in [0.1, 0.15) is 22.8 Å². The summed E-state index contributed by atoms with van der Waals surface area (Å²) in [4.78, 5) is 26.1. The molecule has 6 heteroatoms. The van der Waals surface area contributed by atoms with Crippen LogP contribution >= 0.6 is 11.6 Å². The predicted octanol–water partition coefficient (Wildman–Crippen LogP) is 3.64. The van der Waals surface area contributed by atoms with Crippen molar-refractivity contribution in [1.82, 2.24) is 0 Å². The van der Waals surface area contributed by atoms with Crippen LogP contribution in [0.15, 0.2) is 36.4 Å². The van der Waals surface area contributed by atoms with E-state index in [2.05, 4.69) is 5.32 Å². The summed E-state index contributed by atoms with van der Waals surface area (Å²) in [7, 11) is 1.67. The van der Waals surface area contributed by atoms with Crippen LogP contribution < -0.4 is 15.0 Å². The molecule has 1 aliphatic rings. The average molecular weight is 345 g/mol. The van der Waals surface area contributed by atoms with E-state index in [4.69, 9.17) is 16.3 Å². The predicted molar refractivity (Wildman–Crippen MR) is 94.1 cm³/mol. The van der Waals surface area contributed by atoms with Gasteiger partial charge in [0, 0.05) is 23.3 Å². The van der Waals surface area contributed by atoms with Gasteiger partial charge < -0.3 is 15.0 Å². The Bertz CT molecular complexity index is 835. The lowest BCUT2D eigenvalue weighted by Crippen LogP contribution is -2.42. The summed E-state index contributed by atoms with van der Waals surface area (Å²) in [5.74, 6) is 0.161. The molecule has 0 saturated carbocycles. The lowest BCUT2D eigenvalue weighted by molar-refractivity contribution is -0.125. The minimum absolute atomic E-state index is 0.147. The van der Waals surface area contributed by atoms with E-state index in [1.807, 2.05) is 6.92 Å². The fourth-order valence-corrected chi connectivity index (χ4v) is 2.76. The molecule has 0 saturated heterocycles. The van der Waals surface area contributed by atoms with Crippen molar-refractivity contribution in [1.29, 1.82) is 0 Å². The monoisotopic (exact) mass is 344 g/mol. The van der Waals surface area contributed by atoms with Gasteiger partial charge in [-0.05, 0) is 49.7 Å². The molecule has 1 aliphatic heterocycles. The van der Waals surface area contributed by atoms with Crippen molar-refractivity contribution in [3.05, 3.63) is 52.5 Å². The Labute approximate surface area is 145 Å². The second-order valence-corrected chi connectivity index (χ2v) is 6.11. The van der Waals surface area contributed by atoms with Gasteiger partial charge in [0.1, 0.15) is 5.75 Å². The third-order valence-electron chi connectivity index (χ3n) is 4.08. The van der Waals surface area contributed by atoms with E-state index in [-0.39, 0.29) is 11.8 Å². The number of benzene rings is 2. The number of anilines is 2. The van der Waals surface area contributed by atoms with Crippen molar-refractivity contribution in [3.63, 3.8) is 0 Å². The zero-order chi connectivity index (χ0) is 17.4. The van der Waals surface area contributed by atoms with Crippen LogP contribution in [-0.4, -0.2) is 25.0 Å². The van der Waals surface area contributed by atoms with Crippen molar-refractivity contribution in [2.24, 2.45) is 0 Å². The van der Waals surface area contributed by atoms with Gasteiger partial charge in [-0.2, -0.15) is 0 Å². The molecule has 0 spiro atoms. The molecule has 1 heterocycles. The first-order chi connectivity index (χ1) is 11.4. The maximum absolute atomic E-state index is 12.5. The van der Waals surface area contributed by atoms with Crippen LogP contribution in [0.25, 0.3) is 0 Å². The molecule has 1 atom stereocenters. The minimum Gasteiger partial charge on any atom is -0.479 e. The molecule has 3 rings (SSSR count). The highest BCUT2D eigenvalue weighted by Crippen LogP contribution is 2.34. The quantitative estimate of drug-likeness (QED) is 0.904. The maximum Gasteiger partial charge on any atom is 0.267 e. The molecular weight excluding hydrogens is 328 g/mol. The van der Waals surface area contributed by atoms with Gasteiger partial charge in [-0.3, -0.25) is 9.59 Å². The van der Waals surface area contributed by atoms with Crippen molar-refractivity contribution < 1.29 is 14.3 Å². The highest BCUT2D eigenvalue weighted by Gasteiger charge is 2.29. The molecule has 5 nitrogen and oxygen atoms in total. The average Bonchev–Trinajstić information content (AvgIpc) is 2.56. The number of hydrogen-bond donors (Lipinski definition) is 1. The number of nitrogens with one attached hydrogen (secondary N) is 1. The molecule has 0 fully saturated rings. The Morgan fingerprint density at radius 1 is 1.29 bits per heavy atom. The van der Waals surface area contributed by atoms with E-state index >= 15 is 0 Å². The zero-order valence-corrected chi connectivity index (χ0v) is 14.3. The highest BCUT2D eigenvalue weighted by atomic mass is 35.5. The molecule has 1 unspecified atom stereocenters. The molecular formula is C18H17ClN2O3. The Kier molecular flexibility index (Phi) is 4.20. The van der Waals surface area contributed by atoms with Gasteiger partial charge in [-0.15, -0.1) is 0 Å². The van der Waals surface area contributed by atoms with Crippen LogP contribution in [0.4, 0.5) is 11.4 Å².